The molecule has 3 heterocycles. The minimum Gasteiger partial charge on any atom is -0.465 e. The summed E-state index contributed by atoms with van der Waals surface area (Å²) in [6.45, 7) is 0.479. The van der Waals surface area contributed by atoms with Crippen molar-refractivity contribution in [2.45, 2.75) is 16.8 Å². The van der Waals surface area contributed by atoms with Gasteiger partial charge in [-0.2, -0.15) is 0 Å². The highest BCUT2D eigenvalue weighted by Crippen LogP contribution is 2.31. The van der Waals surface area contributed by atoms with Crippen LogP contribution >= 0.6 is 23.1 Å². The summed E-state index contributed by atoms with van der Waals surface area (Å²) in [5.41, 5.74) is 5.84. The van der Waals surface area contributed by atoms with Gasteiger partial charge in [0.05, 0.1) is 12.0 Å². The molecule has 2 aromatic heterocycles. The standard InChI is InChI=1S/C10H9N3O2S2/c11-7-5-2-4-16-8(5)13-10(12-7)17-6-1-3-15-9(6)14/h2,4,6H,1,3H2,(H2,11,12,13)/t6-/m0/s1. The number of ether oxygens (including phenoxy) is 1. The number of esters is 1. The predicted octanol–water partition coefficient (Wildman–Crippen LogP) is 1.68. The van der Waals surface area contributed by atoms with E-state index in [1.165, 1.54) is 23.1 Å². The van der Waals surface area contributed by atoms with E-state index in [-0.39, 0.29) is 11.2 Å². The number of nitrogens with two attached hydrogens (primary N) is 1. The third kappa shape index (κ3) is 1.96. The fourth-order valence-corrected chi connectivity index (χ4v) is 3.38. The van der Waals surface area contributed by atoms with Crippen LogP contribution in [-0.2, 0) is 9.53 Å². The first-order chi connectivity index (χ1) is 8.24. The number of rotatable bonds is 2. The third-order valence-corrected chi connectivity index (χ3v) is 4.38. The molecule has 0 saturated carbocycles. The van der Waals surface area contributed by atoms with Crippen LogP contribution in [0.4, 0.5) is 5.82 Å². The van der Waals surface area contributed by atoms with Crippen molar-refractivity contribution in [3.05, 3.63) is 11.4 Å². The fraction of sp³-hybridized carbons (Fsp3) is 0.300. The summed E-state index contributed by atoms with van der Waals surface area (Å²) in [6, 6.07) is 1.90. The van der Waals surface area contributed by atoms with Crippen molar-refractivity contribution in [2.75, 3.05) is 12.3 Å². The van der Waals surface area contributed by atoms with Gasteiger partial charge >= 0.3 is 5.97 Å². The lowest BCUT2D eigenvalue weighted by Gasteiger charge is -2.04. The number of hydrogen-bond acceptors (Lipinski definition) is 7. The maximum Gasteiger partial charge on any atom is 0.319 e. The van der Waals surface area contributed by atoms with E-state index in [4.69, 9.17) is 10.5 Å². The number of cyclic esters (lactones) is 1. The molecule has 2 N–H and O–H groups in total. The molecule has 0 bridgehead atoms. The number of aromatic nitrogens is 2. The SMILES string of the molecule is Nc1nc(S[C@H]2CCOC2=O)nc2sccc12. The number of fused-ring (bicyclic) bond motifs is 1. The average molecular weight is 267 g/mol. The van der Waals surface area contributed by atoms with Gasteiger partial charge in [-0.25, -0.2) is 9.97 Å². The zero-order valence-corrected chi connectivity index (χ0v) is 10.4. The second-order valence-electron chi connectivity index (χ2n) is 3.59. The molecule has 7 heteroatoms. The lowest BCUT2D eigenvalue weighted by atomic mass is 10.4. The molecular weight excluding hydrogens is 258 g/mol. The summed E-state index contributed by atoms with van der Waals surface area (Å²) in [5, 5.41) is 3.13. The number of hydrogen-bond donors (Lipinski definition) is 1. The van der Waals surface area contributed by atoms with Crippen LogP contribution < -0.4 is 5.73 Å². The number of carbonyl (C=O) groups excluding carboxylic acids is 1. The zero-order valence-electron chi connectivity index (χ0n) is 8.75. The van der Waals surface area contributed by atoms with Gasteiger partial charge in [0.2, 0.25) is 0 Å². The van der Waals surface area contributed by atoms with Crippen LogP contribution in [0.2, 0.25) is 0 Å². The topological polar surface area (TPSA) is 78.1 Å². The van der Waals surface area contributed by atoms with Gasteiger partial charge in [0.25, 0.3) is 0 Å². The largest absolute Gasteiger partial charge is 0.465 e. The molecule has 2 aromatic rings. The highest BCUT2D eigenvalue weighted by atomic mass is 32.2. The fourth-order valence-electron chi connectivity index (χ4n) is 1.62. The van der Waals surface area contributed by atoms with Crippen LogP contribution in [0.5, 0.6) is 0 Å². The number of nitrogens with zero attached hydrogens (tertiary/aromatic N) is 2. The first-order valence-electron chi connectivity index (χ1n) is 5.08. The quantitative estimate of drug-likeness (QED) is 0.659. The van der Waals surface area contributed by atoms with Crippen LogP contribution in [0.1, 0.15) is 6.42 Å². The Bertz CT molecular complexity index is 584. The van der Waals surface area contributed by atoms with E-state index in [9.17, 15) is 4.79 Å². The molecule has 1 aliphatic heterocycles. The first kappa shape index (κ1) is 10.8. The molecule has 88 valence electrons. The minimum atomic E-state index is -0.202. The van der Waals surface area contributed by atoms with E-state index in [1.54, 1.807) is 0 Å². The van der Waals surface area contributed by atoms with Crippen molar-refractivity contribution in [1.29, 1.82) is 0 Å². The minimum absolute atomic E-state index is 0.191. The van der Waals surface area contributed by atoms with Gasteiger partial charge in [0, 0.05) is 6.42 Å². The Balaban J connectivity index is 1.92. The Kier molecular flexibility index (Phi) is 2.64. The Morgan fingerprint density at radius 1 is 1.53 bits per heavy atom. The second kappa shape index (κ2) is 4.15. The Morgan fingerprint density at radius 3 is 3.18 bits per heavy atom. The smallest absolute Gasteiger partial charge is 0.319 e. The van der Waals surface area contributed by atoms with E-state index in [0.29, 0.717) is 24.0 Å². The third-order valence-electron chi connectivity index (χ3n) is 2.47. The number of nitrogen functional groups attached to an aromatic ring is 1. The van der Waals surface area contributed by atoms with Crippen molar-refractivity contribution in [2.24, 2.45) is 0 Å². The van der Waals surface area contributed by atoms with Gasteiger partial charge in [0.1, 0.15) is 15.9 Å². The van der Waals surface area contributed by atoms with Crippen LogP contribution in [0.3, 0.4) is 0 Å². The molecule has 0 spiro atoms. The molecule has 17 heavy (non-hydrogen) atoms. The Morgan fingerprint density at radius 2 is 2.41 bits per heavy atom. The van der Waals surface area contributed by atoms with Crippen molar-refractivity contribution in [3.63, 3.8) is 0 Å². The van der Waals surface area contributed by atoms with Gasteiger partial charge < -0.3 is 10.5 Å². The summed E-state index contributed by atoms with van der Waals surface area (Å²) in [4.78, 5) is 20.8. The number of thiophene rings is 1. The van der Waals surface area contributed by atoms with Gasteiger partial charge in [-0.15, -0.1) is 11.3 Å². The summed E-state index contributed by atoms with van der Waals surface area (Å²) in [6.07, 6.45) is 0.704. The number of anilines is 1. The van der Waals surface area contributed by atoms with Crippen molar-refractivity contribution < 1.29 is 9.53 Å². The lowest BCUT2D eigenvalue weighted by molar-refractivity contribution is -0.137. The van der Waals surface area contributed by atoms with Gasteiger partial charge in [0.15, 0.2) is 5.16 Å². The van der Waals surface area contributed by atoms with Crippen LogP contribution in [0, 0.1) is 0 Å². The van der Waals surface area contributed by atoms with Gasteiger partial charge in [-0.05, 0) is 11.4 Å². The number of carbonyl (C=O) groups is 1. The monoisotopic (exact) mass is 267 g/mol. The summed E-state index contributed by atoms with van der Waals surface area (Å²) in [5.74, 6) is 0.272. The molecule has 1 atom stereocenters. The maximum absolute atomic E-state index is 11.3. The Labute approximate surface area is 105 Å². The van der Waals surface area contributed by atoms with Gasteiger partial charge in [-0.3, -0.25) is 4.79 Å². The molecule has 1 saturated heterocycles. The Hall–Kier alpha value is -1.34. The summed E-state index contributed by atoms with van der Waals surface area (Å²) >= 11 is 2.84. The molecule has 0 unspecified atom stereocenters. The van der Waals surface area contributed by atoms with E-state index in [2.05, 4.69) is 9.97 Å². The van der Waals surface area contributed by atoms with Crippen molar-refractivity contribution in [3.8, 4) is 0 Å². The molecule has 1 aliphatic rings. The average Bonchev–Trinajstić information content (AvgIpc) is 2.89. The van der Waals surface area contributed by atoms with Crippen molar-refractivity contribution >= 4 is 45.1 Å². The van der Waals surface area contributed by atoms with E-state index >= 15 is 0 Å². The van der Waals surface area contributed by atoms with E-state index < -0.39 is 0 Å². The molecule has 5 nitrogen and oxygen atoms in total. The zero-order chi connectivity index (χ0) is 11.8. The van der Waals surface area contributed by atoms with E-state index in [1.807, 2.05) is 11.4 Å². The summed E-state index contributed by atoms with van der Waals surface area (Å²) < 4.78 is 4.90. The lowest BCUT2D eigenvalue weighted by Crippen LogP contribution is -2.10. The molecule has 0 amide bonds. The van der Waals surface area contributed by atoms with Gasteiger partial charge in [-0.1, -0.05) is 11.8 Å². The molecule has 0 aliphatic carbocycles. The van der Waals surface area contributed by atoms with Crippen LogP contribution in [-0.4, -0.2) is 27.8 Å². The van der Waals surface area contributed by atoms with Crippen LogP contribution in [0.25, 0.3) is 10.2 Å². The van der Waals surface area contributed by atoms with Crippen molar-refractivity contribution in [1.82, 2.24) is 9.97 Å². The highest BCUT2D eigenvalue weighted by Gasteiger charge is 2.28. The highest BCUT2D eigenvalue weighted by molar-refractivity contribution is 8.00. The first-order valence-corrected chi connectivity index (χ1v) is 6.84. The molecule has 3 rings (SSSR count). The molecular formula is C10H9N3O2S2. The predicted molar refractivity (Wildman–Crippen MR) is 67.0 cm³/mol. The second-order valence-corrected chi connectivity index (χ2v) is 5.66. The summed E-state index contributed by atoms with van der Waals surface area (Å²) in [7, 11) is 0. The molecule has 0 radical (unpaired) electrons. The van der Waals surface area contributed by atoms with Crippen LogP contribution in [0.15, 0.2) is 16.6 Å². The molecule has 0 aromatic carbocycles. The molecule has 1 fully saturated rings. The number of thioether (sulfide) groups is 1. The maximum atomic E-state index is 11.3. The van der Waals surface area contributed by atoms with E-state index in [0.717, 1.165) is 10.2 Å². The normalized spacial score (nSPS) is 19.8.